The zero-order valence-electron chi connectivity index (χ0n) is 4.97. The first-order chi connectivity index (χ1) is 3.93. The number of hydroxylamine groups is 1. The van der Waals surface area contributed by atoms with Crippen molar-refractivity contribution in [3.63, 3.8) is 0 Å². The quantitative estimate of drug-likeness (QED) is 0.372. The van der Waals surface area contributed by atoms with Gasteiger partial charge in [0.1, 0.15) is 0 Å². The predicted octanol–water partition coefficient (Wildman–Crippen LogP) is 0.189. The molecule has 0 saturated carbocycles. The molecule has 0 amide bonds. The molecule has 1 aliphatic rings. The zero-order chi connectivity index (χ0) is 5.82. The average Bonchev–Trinajstić information content (AvgIpc) is 2.19. The van der Waals surface area contributed by atoms with E-state index >= 15 is 0 Å². The van der Waals surface area contributed by atoms with Crippen LogP contribution in [0.25, 0.3) is 0 Å². The largest absolute Gasteiger partial charge is 0.311 e. The smallest absolute Gasteiger partial charge is 0.241 e. The highest BCUT2D eigenvalue weighted by Gasteiger charge is 2.11. The molecular weight excluding hydrogens is 101 g/mol. The fourth-order valence-electron chi connectivity index (χ4n) is 0.787. The van der Waals surface area contributed by atoms with E-state index in [0.717, 1.165) is 26.9 Å². The van der Waals surface area contributed by atoms with Crippen LogP contribution in [0.5, 0.6) is 0 Å². The molecule has 1 rings (SSSR count). The molecule has 0 aromatic heterocycles. The van der Waals surface area contributed by atoms with Gasteiger partial charge < -0.3 is 4.84 Å². The monoisotopic (exact) mass is 111 g/mol. The van der Waals surface area contributed by atoms with Crippen LogP contribution in [0.15, 0.2) is 12.7 Å². The standard InChI is InChI=1S/C5H10BNO/c1-2-4-7-6-3-5-8-7/h2,6H,1,3-5H2. The van der Waals surface area contributed by atoms with Crippen molar-refractivity contribution in [2.45, 2.75) is 6.32 Å². The zero-order valence-corrected chi connectivity index (χ0v) is 4.97. The SMILES string of the molecule is C=CCN1BCCO1. The van der Waals surface area contributed by atoms with Crippen molar-refractivity contribution < 1.29 is 4.84 Å². The van der Waals surface area contributed by atoms with Crippen molar-refractivity contribution in [2.75, 3.05) is 13.2 Å². The van der Waals surface area contributed by atoms with E-state index < -0.39 is 0 Å². The third-order valence-corrected chi connectivity index (χ3v) is 1.16. The molecule has 44 valence electrons. The fraction of sp³-hybridized carbons (Fsp3) is 0.600. The number of nitrogens with zero attached hydrogens (tertiary/aromatic N) is 1. The highest BCUT2D eigenvalue weighted by Crippen LogP contribution is 2.00. The molecule has 0 N–H and O–H groups in total. The van der Waals surface area contributed by atoms with Crippen LogP contribution in [0.4, 0.5) is 0 Å². The van der Waals surface area contributed by atoms with E-state index in [-0.39, 0.29) is 0 Å². The second-order valence-corrected chi connectivity index (χ2v) is 1.86. The molecule has 0 aliphatic carbocycles. The maximum Gasteiger partial charge on any atom is 0.241 e. The first-order valence-electron chi connectivity index (χ1n) is 2.92. The van der Waals surface area contributed by atoms with E-state index in [1.54, 1.807) is 0 Å². The average molecular weight is 111 g/mol. The predicted molar refractivity (Wildman–Crippen MR) is 34.8 cm³/mol. The molecule has 0 aromatic rings. The summed E-state index contributed by atoms with van der Waals surface area (Å²) in [6.07, 6.45) is 3.01. The van der Waals surface area contributed by atoms with Crippen LogP contribution in [0, 0.1) is 0 Å². The lowest BCUT2D eigenvalue weighted by atomic mass is 9.91. The highest BCUT2D eigenvalue weighted by molar-refractivity contribution is 6.32. The second kappa shape index (κ2) is 2.90. The Morgan fingerprint density at radius 1 is 1.88 bits per heavy atom. The van der Waals surface area contributed by atoms with Crippen molar-refractivity contribution in [3.05, 3.63) is 12.7 Å². The summed E-state index contributed by atoms with van der Waals surface area (Å²) < 4.78 is 0. The summed E-state index contributed by atoms with van der Waals surface area (Å²) in [5.41, 5.74) is 0. The third kappa shape index (κ3) is 1.35. The third-order valence-electron chi connectivity index (χ3n) is 1.16. The number of hydrogen-bond donors (Lipinski definition) is 0. The molecule has 0 unspecified atom stereocenters. The minimum absolute atomic E-state index is 0.861. The maximum atomic E-state index is 5.16. The molecule has 0 radical (unpaired) electrons. The van der Waals surface area contributed by atoms with Crippen LogP contribution >= 0.6 is 0 Å². The van der Waals surface area contributed by atoms with Crippen LogP contribution in [0.3, 0.4) is 0 Å². The Bertz CT molecular complexity index is 80.5. The van der Waals surface area contributed by atoms with Crippen molar-refractivity contribution in [1.82, 2.24) is 4.97 Å². The summed E-state index contributed by atoms with van der Waals surface area (Å²) in [5, 5.41) is 0. The Morgan fingerprint density at radius 3 is 3.25 bits per heavy atom. The van der Waals surface area contributed by atoms with Gasteiger partial charge in [-0.1, -0.05) is 6.08 Å². The van der Waals surface area contributed by atoms with Crippen LogP contribution < -0.4 is 0 Å². The van der Waals surface area contributed by atoms with Gasteiger partial charge in [0.15, 0.2) is 0 Å². The molecule has 1 fully saturated rings. The molecule has 1 aliphatic heterocycles. The molecule has 0 bridgehead atoms. The van der Waals surface area contributed by atoms with Crippen LogP contribution in [-0.2, 0) is 4.84 Å². The van der Waals surface area contributed by atoms with Gasteiger partial charge in [-0.15, -0.1) is 6.58 Å². The van der Waals surface area contributed by atoms with Crippen molar-refractivity contribution in [3.8, 4) is 0 Å². The molecule has 0 atom stereocenters. The van der Waals surface area contributed by atoms with Gasteiger partial charge in [0.25, 0.3) is 0 Å². The Balaban J connectivity index is 2.14. The summed E-state index contributed by atoms with van der Waals surface area (Å²) in [6, 6.07) is 0. The molecule has 3 heteroatoms. The molecular formula is C5H10BNO. The minimum atomic E-state index is 0.861. The van der Waals surface area contributed by atoms with E-state index in [9.17, 15) is 0 Å². The van der Waals surface area contributed by atoms with Crippen LogP contribution in [0.2, 0.25) is 6.32 Å². The molecule has 1 heterocycles. The molecule has 0 aromatic carbocycles. The number of hydrogen-bond acceptors (Lipinski definition) is 2. The summed E-state index contributed by atoms with van der Waals surface area (Å²) in [4.78, 5) is 7.08. The van der Waals surface area contributed by atoms with Crippen LogP contribution in [0.1, 0.15) is 0 Å². The Labute approximate surface area is 50.3 Å². The summed E-state index contributed by atoms with van der Waals surface area (Å²) in [5.74, 6) is 0. The lowest BCUT2D eigenvalue weighted by Gasteiger charge is -2.08. The maximum absolute atomic E-state index is 5.16. The first kappa shape index (κ1) is 5.85. The molecule has 8 heavy (non-hydrogen) atoms. The van der Waals surface area contributed by atoms with Gasteiger partial charge in [-0.2, -0.15) is 0 Å². The Hall–Kier alpha value is -0.275. The molecule has 0 spiro atoms. The molecule has 2 nitrogen and oxygen atoms in total. The van der Waals surface area contributed by atoms with Gasteiger partial charge in [-0.05, 0) is 6.32 Å². The summed E-state index contributed by atoms with van der Waals surface area (Å²) in [6.45, 7) is 5.35. The Morgan fingerprint density at radius 2 is 2.75 bits per heavy atom. The molecule has 1 saturated heterocycles. The van der Waals surface area contributed by atoms with Gasteiger partial charge in [-0.3, -0.25) is 0 Å². The minimum Gasteiger partial charge on any atom is -0.311 e. The van der Waals surface area contributed by atoms with E-state index in [1.165, 1.54) is 0 Å². The topological polar surface area (TPSA) is 12.5 Å². The van der Waals surface area contributed by atoms with E-state index in [0.29, 0.717) is 0 Å². The van der Waals surface area contributed by atoms with Crippen molar-refractivity contribution in [2.24, 2.45) is 0 Å². The van der Waals surface area contributed by atoms with Crippen molar-refractivity contribution >= 4 is 7.41 Å². The van der Waals surface area contributed by atoms with E-state index in [4.69, 9.17) is 4.84 Å². The lowest BCUT2D eigenvalue weighted by Crippen LogP contribution is -2.19. The van der Waals surface area contributed by atoms with Gasteiger partial charge in [-0.25, -0.2) is 4.97 Å². The second-order valence-electron chi connectivity index (χ2n) is 1.86. The number of rotatable bonds is 2. The highest BCUT2D eigenvalue weighted by atomic mass is 16.7. The van der Waals surface area contributed by atoms with E-state index in [1.807, 2.05) is 11.1 Å². The first-order valence-corrected chi connectivity index (χ1v) is 2.92. The lowest BCUT2D eigenvalue weighted by molar-refractivity contribution is -0.0513. The van der Waals surface area contributed by atoms with Gasteiger partial charge >= 0.3 is 0 Å². The van der Waals surface area contributed by atoms with Crippen LogP contribution in [-0.4, -0.2) is 25.5 Å². The van der Waals surface area contributed by atoms with Gasteiger partial charge in [0, 0.05) is 6.54 Å². The van der Waals surface area contributed by atoms with Crippen molar-refractivity contribution in [1.29, 1.82) is 0 Å². The Kier molecular flexibility index (Phi) is 2.12. The van der Waals surface area contributed by atoms with Gasteiger partial charge in [0.2, 0.25) is 7.41 Å². The van der Waals surface area contributed by atoms with E-state index in [2.05, 4.69) is 6.58 Å². The fourth-order valence-corrected chi connectivity index (χ4v) is 0.787. The van der Waals surface area contributed by atoms with Gasteiger partial charge in [0.05, 0.1) is 6.61 Å². The normalized spacial score (nSPS) is 20.5. The summed E-state index contributed by atoms with van der Waals surface area (Å²) in [7, 11) is 1.06. The summed E-state index contributed by atoms with van der Waals surface area (Å²) >= 11 is 0.